The Balaban J connectivity index is 1.61. The molecule has 0 radical (unpaired) electrons. The molecule has 1 N–H and O–H groups in total. The summed E-state index contributed by atoms with van der Waals surface area (Å²) >= 11 is 0. The molecule has 7 unspecified atom stereocenters. The topological polar surface area (TPSA) is 29.5 Å². The van der Waals surface area contributed by atoms with E-state index in [9.17, 15) is 5.11 Å². The van der Waals surface area contributed by atoms with Crippen LogP contribution in [-0.2, 0) is 4.74 Å². The van der Waals surface area contributed by atoms with Crippen molar-refractivity contribution in [2.75, 3.05) is 6.61 Å². The second kappa shape index (κ2) is 5.59. The van der Waals surface area contributed by atoms with E-state index in [0.29, 0.717) is 11.5 Å². The van der Waals surface area contributed by atoms with Crippen molar-refractivity contribution in [1.82, 2.24) is 0 Å². The van der Waals surface area contributed by atoms with E-state index >= 15 is 0 Å². The van der Waals surface area contributed by atoms with E-state index in [-0.39, 0.29) is 11.5 Å². The lowest BCUT2D eigenvalue weighted by Crippen LogP contribution is -2.51. The third-order valence-corrected chi connectivity index (χ3v) is 8.40. The van der Waals surface area contributed by atoms with Gasteiger partial charge in [-0.25, -0.2) is 0 Å². The van der Waals surface area contributed by atoms with Gasteiger partial charge in [-0.3, -0.25) is 0 Å². The van der Waals surface area contributed by atoms with Crippen LogP contribution in [0, 0.1) is 28.6 Å². The van der Waals surface area contributed by atoms with Crippen molar-refractivity contribution in [2.24, 2.45) is 28.6 Å². The van der Waals surface area contributed by atoms with Crippen LogP contribution in [0.2, 0.25) is 0 Å². The molecule has 3 fully saturated rings. The lowest BCUT2D eigenvalue weighted by molar-refractivity contribution is -0.0777. The monoisotopic (exact) mass is 318 g/mol. The molecule has 7 atom stereocenters. The van der Waals surface area contributed by atoms with Crippen molar-refractivity contribution >= 4 is 0 Å². The van der Waals surface area contributed by atoms with Gasteiger partial charge in [0.05, 0.1) is 12.2 Å². The summed E-state index contributed by atoms with van der Waals surface area (Å²) in [5.74, 6) is 2.45. The molecule has 0 amide bonds. The second-order valence-electron chi connectivity index (χ2n) is 9.19. The van der Waals surface area contributed by atoms with E-state index < -0.39 is 0 Å². The van der Waals surface area contributed by atoms with Gasteiger partial charge in [0.2, 0.25) is 0 Å². The Morgan fingerprint density at radius 3 is 2.70 bits per heavy atom. The largest absolute Gasteiger partial charge is 0.393 e. The summed E-state index contributed by atoms with van der Waals surface area (Å²) in [5, 5.41) is 10.5. The lowest BCUT2D eigenvalue weighted by atomic mass is 9.47. The van der Waals surface area contributed by atoms with Gasteiger partial charge < -0.3 is 9.84 Å². The molecule has 4 aliphatic carbocycles. The molecule has 4 aliphatic rings. The summed E-state index contributed by atoms with van der Waals surface area (Å²) < 4.78 is 5.90. The fourth-order valence-corrected chi connectivity index (χ4v) is 7.01. The van der Waals surface area contributed by atoms with Crippen LogP contribution in [0.1, 0.15) is 72.1 Å². The van der Waals surface area contributed by atoms with E-state index in [0.717, 1.165) is 30.8 Å². The van der Waals surface area contributed by atoms with Gasteiger partial charge in [0.1, 0.15) is 0 Å². The molecule has 0 saturated heterocycles. The molecule has 0 aromatic carbocycles. The van der Waals surface area contributed by atoms with Crippen molar-refractivity contribution in [2.45, 2.75) is 84.3 Å². The Hall–Kier alpha value is -0.340. The van der Waals surface area contributed by atoms with Crippen LogP contribution in [0.4, 0.5) is 0 Å². The molecule has 2 heteroatoms. The first-order chi connectivity index (χ1) is 11.0. The first-order valence-corrected chi connectivity index (χ1v) is 10.00. The minimum absolute atomic E-state index is 0.0492. The highest BCUT2D eigenvalue weighted by Crippen LogP contribution is 2.65. The summed E-state index contributed by atoms with van der Waals surface area (Å²) in [6, 6.07) is 0. The summed E-state index contributed by atoms with van der Waals surface area (Å²) in [4.78, 5) is 0. The average molecular weight is 319 g/mol. The zero-order valence-electron chi connectivity index (χ0n) is 15.2. The fraction of sp³-hybridized carbons (Fsp3) is 0.905. The average Bonchev–Trinajstić information content (AvgIpc) is 2.84. The fourth-order valence-electron chi connectivity index (χ4n) is 7.01. The molecule has 0 aliphatic heterocycles. The van der Waals surface area contributed by atoms with E-state index in [2.05, 4.69) is 26.8 Å². The first kappa shape index (κ1) is 16.1. The quantitative estimate of drug-likeness (QED) is 0.747. The maximum atomic E-state index is 10.5. The minimum Gasteiger partial charge on any atom is -0.393 e. The lowest BCUT2D eigenvalue weighted by Gasteiger charge is -2.58. The highest BCUT2D eigenvalue weighted by Gasteiger charge is 2.58. The predicted octanol–water partition coefficient (Wildman–Crippen LogP) is 4.72. The third-order valence-electron chi connectivity index (χ3n) is 8.40. The van der Waals surface area contributed by atoms with E-state index in [1.807, 2.05) is 0 Å². The Kier molecular flexibility index (Phi) is 3.93. The Bertz CT molecular complexity index is 498. The maximum Gasteiger partial charge on any atom is 0.0758 e. The predicted molar refractivity (Wildman–Crippen MR) is 93.1 cm³/mol. The standard InChI is InChI=1S/C21H34O2/c1-4-23-15-9-11-20(2)14(13-15)5-6-16-17-7-8-19(22)21(17,3)12-10-18(16)20/h13,15-19,22H,4-12H2,1-3H3. The summed E-state index contributed by atoms with van der Waals surface area (Å²) in [7, 11) is 0. The van der Waals surface area contributed by atoms with Crippen LogP contribution in [0.3, 0.4) is 0 Å². The number of fused-ring (bicyclic) bond motifs is 5. The van der Waals surface area contributed by atoms with Crippen molar-refractivity contribution in [3.63, 3.8) is 0 Å². The van der Waals surface area contributed by atoms with E-state index in [1.165, 1.54) is 44.9 Å². The van der Waals surface area contributed by atoms with Crippen molar-refractivity contribution in [1.29, 1.82) is 0 Å². The molecule has 0 aromatic heterocycles. The number of rotatable bonds is 2. The van der Waals surface area contributed by atoms with Gasteiger partial charge in [-0.2, -0.15) is 0 Å². The molecule has 130 valence electrons. The molecule has 2 nitrogen and oxygen atoms in total. The molecule has 0 bridgehead atoms. The minimum atomic E-state index is -0.0492. The van der Waals surface area contributed by atoms with Gasteiger partial charge in [-0.15, -0.1) is 0 Å². The summed E-state index contributed by atoms with van der Waals surface area (Å²) in [6.07, 6.45) is 12.8. The molecular weight excluding hydrogens is 284 g/mol. The number of aliphatic hydroxyl groups excluding tert-OH is 1. The van der Waals surface area contributed by atoms with Crippen LogP contribution in [0.5, 0.6) is 0 Å². The molecule has 0 spiro atoms. The summed E-state index contributed by atoms with van der Waals surface area (Å²) in [5.41, 5.74) is 2.32. The number of allylic oxidation sites excluding steroid dienone is 1. The van der Waals surface area contributed by atoms with Gasteiger partial charge >= 0.3 is 0 Å². The van der Waals surface area contributed by atoms with Crippen molar-refractivity contribution < 1.29 is 9.84 Å². The Morgan fingerprint density at radius 2 is 1.91 bits per heavy atom. The number of hydrogen-bond acceptors (Lipinski definition) is 2. The van der Waals surface area contributed by atoms with Crippen molar-refractivity contribution in [3.05, 3.63) is 11.6 Å². The van der Waals surface area contributed by atoms with Gasteiger partial charge in [-0.05, 0) is 86.9 Å². The molecule has 4 rings (SSSR count). The van der Waals surface area contributed by atoms with Crippen LogP contribution < -0.4 is 0 Å². The summed E-state index contributed by atoms with van der Waals surface area (Å²) in [6.45, 7) is 7.86. The van der Waals surface area contributed by atoms with Crippen LogP contribution in [0.25, 0.3) is 0 Å². The highest BCUT2D eigenvalue weighted by atomic mass is 16.5. The van der Waals surface area contributed by atoms with Crippen LogP contribution in [-0.4, -0.2) is 23.9 Å². The first-order valence-electron chi connectivity index (χ1n) is 10.00. The molecule has 0 aromatic rings. The van der Waals surface area contributed by atoms with E-state index in [4.69, 9.17) is 4.74 Å². The zero-order valence-corrected chi connectivity index (χ0v) is 15.2. The van der Waals surface area contributed by atoms with Gasteiger partial charge in [0, 0.05) is 6.61 Å². The Morgan fingerprint density at radius 1 is 1.09 bits per heavy atom. The third kappa shape index (κ3) is 2.28. The second-order valence-corrected chi connectivity index (χ2v) is 9.19. The molecular formula is C21H34O2. The van der Waals surface area contributed by atoms with Gasteiger partial charge in [0.15, 0.2) is 0 Å². The smallest absolute Gasteiger partial charge is 0.0758 e. The maximum absolute atomic E-state index is 10.5. The SMILES string of the molecule is CCOC1C=C2CCC3C(CCC4(C)C(O)CCC34)C2(C)CC1. The Labute approximate surface area is 141 Å². The zero-order chi connectivity index (χ0) is 16.2. The van der Waals surface area contributed by atoms with Gasteiger partial charge in [-0.1, -0.05) is 25.5 Å². The highest BCUT2D eigenvalue weighted by molar-refractivity contribution is 5.25. The number of aliphatic hydroxyl groups is 1. The van der Waals surface area contributed by atoms with Gasteiger partial charge in [0.25, 0.3) is 0 Å². The molecule has 23 heavy (non-hydrogen) atoms. The molecule has 3 saturated carbocycles. The number of ether oxygens (including phenoxy) is 1. The van der Waals surface area contributed by atoms with Crippen LogP contribution in [0.15, 0.2) is 11.6 Å². The number of hydrogen-bond donors (Lipinski definition) is 1. The normalized spacial score (nSPS) is 52.3. The molecule has 0 heterocycles. The van der Waals surface area contributed by atoms with E-state index in [1.54, 1.807) is 5.57 Å². The van der Waals surface area contributed by atoms with Crippen molar-refractivity contribution in [3.8, 4) is 0 Å². The van der Waals surface area contributed by atoms with Crippen LogP contribution >= 0.6 is 0 Å².